The molecular formula is C8H14O2. The first-order chi connectivity index (χ1) is 4.61. The molecule has 1 fully saturated rings. The zero-order valence-electron chi connectivity index (χ0n) is 6.76. The molecule has 0 aromatic heterocycles. The van der Waals surface area contributed by atoms with Crippen LogP contribution >= 0.6 is 0 Å². The second-order valence-corrected chi connectivity index (χ2v) is 3.34. The van der Waals surface area contributed by atoms with Crippen molar-refractivity contribution in [3.63, 3.8) is 0 Å². The molecular weight excluding hydrogens is 128 g/mol. The van der Waals surface area contributed by atoms with Gasteiger partial charge >= 0.3 is 0 Å². The Hall–Kier alpha value is -0.370. The normalized spacial score (nSPS) is 30.8. The van der Waals surface area contributed by atoms with Gasteiger partial charge in [0.1, 0.15) is 6.10 Å². The fourth-order valence-corrected chi connectivity index (χ4v) is 1.14. The summed E-state index contributed by atoms with van der Waals surface area (Å²) in [5, 5.41) is 0. The van der Waals surface area contributed by atoms with E-state index in [0.29, 0.717) is 5.92 Å². The van der Waals surface area contributed by atoms with E-state index in [1.807, 2.05) is 0 Å². The maximum Gasteiger partial charge on any atom is 0.161 e. The molecule has 0 aromatic carbocycles. The molecule has 0 spiro atoms. The number of Topliss-reactive ketones (excluding diaryl/α,β-unsaturated/α-hetero) is 1. The minimum atomic E-state index is -0.0672. The summed E-state index contributed by atoms with van der Waals surface area (Å²) in [7, 11) is 0. The zero-order chi connectivity index (χ0) is 7.72. The summed E-state index contributed by atoms with van der Waals surface area (Å²) in [5.41, 5.74) is 0. The van der Waals surface area contributed by atoms with Gasteiger partial charge in [-0.1, -0.05) is 13.8 Å². The smallest absolute Gasteiger partial charge is 0.161 e. The van der Waals surface area contributed by atoms with Gasteiger partial charge < -0.3 is 4.74 Å². The van der Waals surface area contributed by atoms with E-state index in [9.17, 15) is 4.79 Å². The lowest BCUT2D eigenvalue weighted by molar-refractivity contribution is -0.118. The van der Waals surface area contributed by atoms with Crippen LogP contribution in [0.25, 0.3) is 0 Å². The summed E-state index contributed by atoms with van der Waals surface area (Å²) in [5.74, 6) is 0.806. The molecule has 10 heavy (non-hydrogen) atoms. The van der Waals surface area contributed by atoms with Crippen LogP contribution in [-0.4, -0.2) is 18.0 Å². The van der Waals surface area contributed by atoms with Crippen LogP contribution in [0.3, 0.4) is 0 Å². The van der Waals surface area contributed by atoms with E-state index in [2.05, 4.69) is 13.8 Å². The van der Waals surface area contributed by atoms with Gasteiger partial charge in [-0.2, -0.15) is 0 Å². The van der Waals surface area contributed by atoms with E-state index in [1.165, 1.54) is 0 Å². The van der Waals surface area contributed by atoms with Crippen LogP contribution in [0.4, 0.5) is 0 Å². The molecule has 0 amide bonds. The van der Waals surface area contributed by atoms with Gasteiger partial charge in [0.05, 0.1) is 6.10 Å². The van der Waals surface area contributed by atoms with Gasteiger partial charge in [0.15, 0.2) is 5.78 Å². The van der Waals surface area contributed by atoms with Crippen LogP contribution in [0.15, 0.2) is 0 Å². The first-order valence-corrected chi connectivity index (χ1v) is 3.77. The summed E-state index contributed by atoms with van der Waals surface area (Å²) in [6, 6.07) is 0. The number of epoxide rings is 1. The highest BCUT2D eigenvalue weighted by Gasteiger charge is 2.42. The van der Waals surface area contributed by atoms with Gasteiger partial charge in [0.2, 0.25) is 0 Å². The van der Waals surface area contributed by atoms with E-state index in [4.69, 9.17) is 4.74 Å². The van der Waals surface area contributed by atoms with Gasteiger partial charge in [-0.05, 0) is 19.3 Å². The Morgan fingerprint density at radius 3 is 2.50 bits per heavy atom. The number of hydrogen-bond acceptors (Lipinski definition) is 2. The minimum absolute atomic E-state index is 0.0672. The van der Waals surface area contributed by atoms with E-state index < -0.39 is 0 Å². The van der Waals surface area contributed by atoms with Crippen molar-refractivity contribution in [1.82, 2.24) is 0 Å². The van der Waals surface area contributed by atoms with E-state index >= 15 is 0 Å². The highest BCUT2D eigenvalue weighted by molar-refractivity contribution is 5.83. The molecule has 0 aliphatic carbocycles. The second-order valence-electron chi connectivity index (χ2n) is 3.34. The average Bonchev–Trinajstić information content (AvgIpc) is 2.43. The maximum absolute atomic E-state index is 10.7. The zero-order valence-corrected chi connectivity index (χ0v) is 6.76. The third-order valence-corrected chi connectivity index (χ3v) is 1.69. The van der Waals surface area contributed by atoms with Crippen molar-refractivity contribution in [1.29, 1.82) is 0 Å². The summed E-state index contributed by atoms with van der Waals surface area (Å²) in [4.78, 5) is 10.7. The largest absolute Gasteiger partial charge is 0.361 e. The van der Waals surface area contributed by atoms with Crippen molar-refractivity contribution in [2.75, 3.05) is 0 Å². The molecule has 0 unspecified atom stereocenters. The Morgan fingerprint density at radius 2 is 2.20 bits per heavy atom. The third-order valence-electron chi connectivity index (χ3n) is 1.69. The van der Waals surface area contributed by atoms with Crippen LogP contribution < -0.4 is 0 Å². The van der Waals surface area contributed by atoms with E-state index in [1.54, 1.807) is 6.92 Å². The number of ketones is 1. The Bertz CT molecular complexity index is 140. The molecule has 1 heterocycles. The Labute approximate surface area is 61.6 Å². The SMILES string of the molecule is CC(=O)[C@H]1O[C@@H]1CC(C)C. The topological polar surface area (TPSA) is 29.6 Å². The first-order valence-electron chi connectivity index (χ1n) is 3.77. The average molecular weight is 142 g/mol. The Balaban J connectivity index is 2.20. The molecule has 0 aromatic rings. The number of rotatable bonds is 3. The molecule has 1 aliphatic rings. The van der Waals surface area contributed by atoms with Crippen molar-refractivity contribution in [2.45, 2.75) is 39.4 Å². The van der Waals surface area contributed by atoms with Gasteiger partial charge in [-0.25, -0.2) is 0 Å². The van der Waals surface area contributed by atoms with E-state index in [0.717, 1.165) is 6.42 Å². The summed E-state index contributed by atoms with van der Waals surface area (Å²) >= 11 is 0. The van der Waals surface area contributed by atoms with Crippen molar-refractivity contribution in [3.05, 3.63) is 0 Å². The quantitative estimate of drug-likeness (QED) is 0.557. The molecule has 0 bridgehead atoms. The van der Waals surface area contributed by atoms with Gasteiger partial charge in [-0.3, -0.25) is 4.79 Å². The lowest BCUT2D eigenvalue weighted by Crippen LogP contribution is -2.06. The standard InChI is InChI=1S/C8H14O2/c1-5(2)4-7-8(10-7)6(3)9/h5,7-8H,4H2,1-3H3/t7-,8-/m1/s1. The lowest BCUT2D eigenvalue weighted by Gasteiger charge is -1.97. The van der Waals surface area contributed by atoms with Crippen molar-refractivity contribution < 1.29 is 9.53 Å². The van der Waals surface area contributed by atoms with Crippen LogP contribution in [0, 0.1) is 5.92 Å². The minimum Gasteiger partial charge on any atom is -0.361 e. The van der Waals surface area contributed by atoms with Crippen LogP contribution in [0.5, 0.6) is 0 Å². The fraction of sp³-hybridized carbons (Fsp3) is 0.875. The maximum atomic E-state index is 10.7. The number of ether oxygens (including phenoxy) is 1. The molecule has 1 saturated heterocycles. The Morgan fingerprint density at radius 1 is 1.60 bits per heavy atom. The monoisotopic (exact) mass is 142 g/mol. The molecule has 0 radical (unpaired) electrons. The highest BCUT2D eigenvalue weighted by Crippen LogP contribution is 2.28. The van der Waals surface area contributed by atoms with Crippen LogP contribution in [-0.2, 0) is 9.53 Å². The van der Waals surface area contributed by atoms with Crippen molar-refractivity contribution in [3.8, 4) is 0 Å². The number of hydrogen-bond donors (Lipinski definition) is 0. The predicted octanol–water partition coefficient (Wildman–Crippen LogP) is 1.39. The summed E-state index contributed by atoms with van der Waals surface area (Å²) in [6.07, 6.45) is 1.18. The number of carbonyl (C=O) groups excluding carboxylic acids is 1. The first kappa shape index (κ1) is 7.73. The predicted molar refractivity (Wildman–Crippen MR) is 38.8 cm³/mol. The van der Waals surface area contributed by atoms with Crippen LogP contribution in [0.2, 0.25) is 0 Å². The number of carbonyl (C=O) groups is 1. The van der Waals surface area contributed by atoms with Gasteiger partial charge in [-0.15, -0.1) is 0 Å². The van der Waals surface area contributed by atoms with Gasteiger partial charge in [0.25, 0.3) is 0 Å². The van der Waals surface area contributed by atoms with Crippen molar-refractivity contribution >= 4 is 5.78 Å². The summed E-state index contributed by atoms with van der Waals surface area (Å²) in [6.45, 7) is 5.86. The highest BCUT2D eigenvalue weighted by atomic mass is 16.6. The Kier molecular flexibility index (Phi) is 2.09. The molecule has 2 heteroatoms. The fourth-order valence-electron chi connectivity index (χ4n) is 1.14. The molecule has 0 N–H and O–H groups in total. The van der Waals surface area contributed by atoms with Crippen LogP contribution in [0.1, 0.15) is 27.2 Å². The molecule has 2 atom stereocenters. The van der Waals surface area contributed by atoms with Crippen molar-refractivity contribution in [2.24, 2.45) is 5.92 Å². The van der Waals surface area contributed by atoms with E-state index in [-0.39, 0.29) is 18.0 Å². The molecule has 0 saturated carbocycles. The third kappa shape index (κ3) is 1.81. The molecule has 58 valence electrons. The van der Waals surface area contributed by atoms with Gasteiger partial charge in [0, 0.05) is 0 Å². The summed E-state index contributed by atoms with van der Waals surface area (Å²) < 4.78 is 5.14. The lowest BCUT2D eigenvalue weighted by atomic mass is 10.1. The molecule has 2 nitrogen and oxygen atoms in total. The second kappa shape index (κ2) is 2.70. The molecule has 1 aliphatic heterocycles. The molecule has 1 rings (SSSR count).